The Balaban J connectivity index is 1.48. The topological polar surface area (TPSA) is 62.7 Å². The summed E-state index contributed by atoms with van der Waals surface area (Å²) in [6.07, 6.45) is 0. The van der Waals surface area contributed by atoms with Crippen LogP contribution in [0.3, 0.4) is 0 Å². The van der Waals surface area contributed by atoms with Crippen molar-refractivity contribution in [2.75, 3.05) is 33.3 Å². The standard InChI is InChI=1S/C22H23N3O3S/c1-14-4-7-20(29-14)22(27)25-10-8-24(9-11-25)21(26)18-12-16-5-6-17(28-3)13-19(16)23-15(18)2/h4-7,12-13H,8-11H2,1-3H3. The Kier molecular flexibility index (Phi) is 5.24. The molecular weight excluding hydrogens is 386 g/mol. The van der Waals surface area contributed by atoms with Gasteiger partial charge in [0.1, 0.15) is 5.75 Å². The molecule has 3 heterocycles. The molecule has 0 atom stereocenters. The lowest BCUT2D eigenvalue weighted by atomic mass is 10.1. The number of aromatic nitrogens is 1. The first-order chi connectivity index (χ1) is 14.0. The maximum Gasteiger partial charge on any atom is 0.264 e. The normalized spacial score (nSPS) is 14.3. The molecule has 0 aliphatic carbocycles. The highest BCUT2D eigenvalue weighted by atomic mass is 32.1. The fourth-order valence-electron chi connectivity index (χ4n) is 3.57. The average Bonchev–Trinajstić information content (AvgIpc) is 3.18. The van der Waals surface area contributed by atoms with Gasteiger partial charge in [0.05, 0.1) is 28.8 Å². The van der Waals surface area contributed by atoms with Gasteiger partial charge in [-0.2, -0.15) is 0 Å². The molecule has 7 heteroatoms. The maximum atomic E-state index is 13.1. The van der Waals surface area contributed by atoms with Crippen molar-refractivity contribution in [2.45, 2.75) is 13.8 Å². The van der Waals surface area contributed by atoms with E-state index < -0.39 is 0 Å². The first-order valence-corrected chi connectivity index (χ1v) is 10.4. The van der Waals surface area contributed by atoms with E-state index >= 15 is 0 Å². The van der Waals surface area contributed by atoms with Crippen molar-refractivity contribution in [1.82, 2.24) is 14.8 Å². The van der Waals surface area contributed by atoms with Gasteiger partial charge < -0.3 is 14.5 Å². The van der Waals surface area contributed by atoms with Gasteiger partial charge in [0.15, 0.2) is 0 Å². The van der Waals surface area contributed by atoms with Crippen molar-refractivity contribution in [2.24, 2.45) is 0 Å². The van der Waals surface area contributed by atoms with Crippen LogP contribution in [-0.4, -0.2) is 59.9 Å². The Hall–Kier alpha value is -2.93. The van der Waals surface area contributed by atoms with E-state index in [0.29, 0.717) is 37.4 Å². The molecule has 0 saturated carbocycles. The largest absolute Gasteiger partial charge is 0.497 e. The van der Waals surface area contributed by atoms with Crippen molar-refractivity contribution in [3.63, 3.8) is 0 Å². The summed E-state index contributed by atoms with van der Waals surface area (Å²) in [7, 11) is 1.62. The molecule has 0 N–H and O–H groups in total. The van der Waals surface area contributed by atoms with E-state index in [-0.39, 0.29) is 11.8 Å². The van der Waals surface area contributed by atoms with E-state index in [1.807, 2.05) is 60.0 Å². The summed E-state index contributed by atoms with van der Waals surface area (Å²) < 4.78 is 5.25. The number of benzene rings is 1. The molecule has 2 aromatic heterocycles. The van der Waals surface area contributed by atoms with Crippen LogP contribution in [0.15, 0.2) is 36.4 Å². The minimum absolute atomic E-state index is 0.0354. The SMILES string of the molecule is COc1ccc2cc(C(=O)N3CCN(C(=O)c4ccc(C)s4)CC3)c(C)nc2c1. The second kappa shape index (κ2) is 7.83. The summed E-state index contributed by atoms with van der Waals surface area (Å²) in [5, 5.41) is 0.904. The van der Waals surface area contributed by atoms with E-state index in [2.05, 4.69) is 4.98 Å². The van der Waals surface area contributed by atoms with E-state index in [0.717, 1.165) is 26.4 Å². The molecule has 1 fully saturated rings. The number of hydrogen-bond donors (Lipinski definition) is 0. The van der Waals surface area contributed by atoms with E-state index in [1.165, 1.54) is 11.3 Å². The van der Waals surface area contributed by atoms with Crippen LogP contribution in [0, 0.1) is 13.8 Å². The lowest BCUT2D eigenvalue weighted by Gasteiger charge is -2.34. The van der Waals surface area contributed by atoms with Gasteiger partial charge in [-0.3, -0.25) is 14.6 Å². The predicted molar refractivity (Wildman–Crippen MR) is 114 cm³/mol. The summed E-state index contributed by atoms with van der Waals surface area (Å²) in [4.78, 5) is 35.8. The predicted octanol–water partition coefficient (Wildman–Crippen LogP) is 3.52. The van der Waals surface area contributed by atoms with Gasteiger partial charge in [-0.1, -0.05) is 0 Å². The summed E-state index contributed by atoms with van der Waals surface area (Å²) in [5.74, 6) is 0.754. The van der Waals surface area contributed by atoms with Crippen LogP contribution < -0.4 is 4.74 Å². The maximum absolute atomic E-state index is 13.1. The van der Waals surface area contributed by atoms with Gasteiger partial charge in [0.25, 0.3) is 11.8 Å². The third-order valence-corrected chi connectivity index (χ3v) is 6.24. The van der Waals surface area contributed by atoms with Gasteiger partial charge >= 0.3 is 0 Å². The Labute approximate surface area is 173 Å². The number of pyridine rings is 1. The second-order valence-electron chi connectivity index (χ2n) is 7.17. The van der Waals surface area contributed by atoms with Crippen molar-refractivity contribution < 1.29 is 14.3 Å². The summed E-state index contributed by atoms with van der Waals surface area (Å²) in [5.41, 5.74) is 2.11. The van der Waals surface area contributed by atoms with Crippen molar-refractivity contribution in [1.29, 1.82) is 0 Å². The summed E-state index contributed by atoms with van der Waals surface area (Å²) in [6.45, 7) is 5.97. The van der Waals surface area contributed by atoms with E-state index in [4.69, 9.17) is 4.74 Å². The first kappa shape index (κ1) is 19.4. The van der Waals surface area contributed by atoms with Crippen molar-refractivity contribution in [3.8, 4) is 5.75 Å². The monoisotopic (exact) mass is 409 g/mol. The average molecular weight is 410 g/mol. The molecule has 2 amide bonds. The Morgan fingerprint density at radius 2 is 1.66 bits per heavy atom. The number of aryl methyl sites for hydroxylation is 2. The Bertz CT molecular complexity index is 1080. The Morgan fingerprint density at radius 1 is 0.966 bits per heavy atom. The number of ether oxygens (including phenoxy) is 1. The third kappa shape index (κ3) is 3.82. The molecule has 0 unspecified atom stereocenters. The molecule has 3 aromatic rings. The summed E-state index contributed by atoms with van der Waals surface area (Å²) >= 11 is 1.51. The molecular formula is C22H23N3O3S. The number of methoxy groups -OCH3 is 1. The number of carbonyl (C=O) groups is 2. The third-order valence-electron chi connectivity index (χ3n) is 5.25. The van der Waals surface area contributed by atoms with Crippen LogP contribution in [0.4, 0.5) is 0 Å². The van der Waals surface area contributed by atoms with E-state index in [9.17, 15) is 9.59 Å². The number of nitrogens with zero attached hydrogens (tertiary/aromatic N) is 3. The highest BCUT2D eigenvalue weighted by Gasteiger charge is 2.27. The number of piperazine rings is 1. The zero-order chi connectivity index (χ0) is 20.5. The van der Waals surface area contributed by atoms with Crippen molar-refractivity contribution >= 4 is 34.1 Å². The zero-order valence-electron chi connectivity index (χ0n) is 16.8. The zero-order valence-corrected chi connectivity index (χ0v) is 17.6. The molecule has 0 radical (unpaired) electrons. The molecule has 0 bridgehead atoms. The summed E-state index contributed by atoms with van der Waals surface area (Å²) in [6, 6.07) is 11.4. The molecule has 1 aliphatic heterocycles. The lowest BCUT2D eigenvalue weighted by Crippen LogP contribution is -2.50. The number of rotatable bonds is 3. The lowest BCUT2D eigenvalue weighted by molar-refractivity contribution is 0.0537. The number of amides is 2. The van der Waals surface area contributed by atoms with Crippen LogP contribution in [0.1, 0.15) is 30.6 Å². The van der Waals surface area contributed by atoms with Gasteiger partial charge in [-0.25, -0.2) is 0 Å². The first-order valence-electron chi connectivity index (χ1n) is 9.56. The fraction of sp³-hybridized carbons (Fsp3) is 0.318. The fourth-order valence-corrected chi connectivity index (χ4v) is 4.41. The van der Waals surface area contributed by atoms with Crippen LogP contribution in [-0.2, 0) is 0 Å². The molecule has 29 heavy (non-hydrogen) atoms. The van der Waals surface area contributed by atoms with E-state index in [1.54, 1.807) is 7.11 Å². The molecule has 4 rings (SSSR count). The van der Waals surface area contributed by atoms with Crippen molar-refractivity contribution in [3.05, 3.63) is 57.4 Å². The van der Waals surface area contributed by atoms with Crippen LogP contribution in [0.5, 0.6) is 5.75 Å². The van der Waals surface area contributed by atoms with Gasteiger partial charge in [0.2, 0.25) is 0 Å². The molecule has 1 saturated heterocycles. The number of thiophene rings is 1. The van der Waals surface area contributed by atoms with Crippen LogP contribution >= 0.6 is 11.3 Å². The Morgan fingerprint density at radius 3 is 2.28 bits per heavy atom. The number of fused-ring (bicyclic) bond motifs is 1. The van der Waals surface area contributed by atoms with Gasteiger partial charge in [-0.15, -0.1) is 11.3 Å². The molecule has 1 aliphatic rings. The minimum Gasteiger partial charge on any atom is -0.497 e. The molecule has 6 nitrogen and oxygen atoms in total. The highest BCUT2D eigenvalue weighted by Crippen LogP contribution is 2.23. The van der Waals surface area contributed by atoms with Gasteiger partial charge in [0, 0.05) is 42.5 Å². The second-order valence-corrected chi connectivity index (χ2v) is 8.46. The number of hydrogen-bond acceptors (Lipinski definition) is 5. The number of carbonyl (C=O) groups excluding carboxylic acids is 2. The molecule has 0 spiro atoms. The van der Waals surface area contributed by atoms with Crippen LogP contribution in [0.25, 0.3) is 10.9 Å². The van der Waals surface area contributed by atoms with Gasteiger partial charge in [-0.05, 0) is 44.2 Å². The van der Waals surface area contributed by atoms with Crippen LogP contribution in [0.2, 0.25) is 0 Å². The molecule has 1 aromatic carbocycles. The minimum atomic E-state index is -0.0354. The molecule has 150 valence electrons. The highest BCUT2D eigenvalue weighted by molar-refractivity contribution is 7.13. The smallest absolute Gasteiger partial charge is 0.264 e. The quantitative estimate of drug-likeness (QED) is 0.664.